The molecule has 23 heavy (non-hydrogen) atoms. The fourth-order valence-corrected chi connectivity index (χ4v) is 3.64. The van der Waals surface area contributed by atoms with Crippen molar-refractivity contribution in [2.45, 2.75) is 63.9 Å². The van der Waals surface area contributed by atoms with Crippen molar-refractivity contribution >= 4 is 5.97 Å². The number of β-amino-alcohol motifs (C(OH)–C–C–N with tert-alkyl or cyclic N) is 1. The zero-order valence-electron chi connectivity index (χ0n) is 14.6. The van der Waals surface area contributed by atoms with Crippen molar-refractivity contribution in [3.05, 3.63) is 0 Å². The molecule has 1 saturated carbocycles. The van der Waals surface area contributed by atoms with Crippen LogP contribution in [0.25, 0.3) is 0 Å². The molecule has 0 amide bonds. The van der Waals surface area contributed by atoms with Crippen LogP contribution in [0.2, 0.25) is 0 Å². The quantitative estimate of drug-likeness (QED) is 0.708. The van der Waals surface area contributed by atoms with Gasteiger partial charge in [-0.1, -0.05) is 0 Å². The van der Waals surface area contributed by atoms with Crippen LogP contribution >= 0.6 is 0 Å². The fraction of sp³-hybridized carbons (Fsp3) is 0.941. The van der Waals surface area contributed by atoms with Crippen molar-refractivity contribution in [3.63, 3.8) is 0 Å². The minimum absolute atomic E-state index is 0.0296. The molecule has 134 valence electrons. The topological polar surface area (TPSA) is 68.2 Å². The third-order valence-corrected chi connectivity index (χ3v) is 4.96. The van der Waals surface area contributed by atoms with E-state index in [-0.39, 0.29) is 30.1 Å². The van der Waals surface area contributed by atoms with Crippen molar-refractivity contribution in [2.75, 3.05) is 33.4 Å². The fourth-order valence-electron chi connectivity index (χ4n) is 3.64. The van der Waals surface area contributed by atoms with Crippen LogP contribution in [-0.4, -0.2) is 73.7 Å². The van der Waals surface area contributed by atoms with Gasteiger partial charge in [-0.15, -0.1) is 0 Å². The van der Waals surface area contributed by atoms with E-state index in [1.54, 1.807) is 0 Å². The monoisotopic (exact) mass is 329 g/mol. The Morgan fingerprint density at radius 1 is 1.13 bits per heavy atom. The Labute approximate surface area is 139 Å². The lowest BCUT2D eigenvalue weighted by molar-refractivity contribution is -0.150. The van der Waals surface area contributed by atoms with Crippen LogP contribution < -0.4 is 0 Å². The maximum Gasteiger partial charge on any atom is 0.308 e. The van der Waals surface area contributed by atoms with E-state index in [1.165, 1.54) is 0 Å². The van der Waals surface area contributed by atoms with E-state index in [2.05, 4.69) is 4.90 Å². The van der Waals surface area contributed by atoms with Gasteiger partial charge in [-0.2, -0.15) is 0 Å². The first-order chi connectivity index (χ1) is 11.1. The van der Waals surface area contributed by atoms with Crippen molar-refractivity contribution in [1.29, 1.82) is 0 Å². The molecule has 0 spiro atoms. The summed E-state index contributed by atoms with van der Waals surface area (Å²) < 4.78 is 16.8. The summed E-state index contributed by atoms with van der Waals surface area (Å²) in [4.78, 5) is 13.9. The van der Waals surface area contributed by atoms with Gasteiger partial charge >= 0.3 is 5.97 Å². The number of aliphatic hydroxyl groups is 1. The van der Waals surface area contributed by atoms with Gasteiger partial charge in [-0.25, -0.2) is 0 Å². The van der Waals surface area contributed by atoms with E-state index in [4.69, 9.17) is 14.2 Å². The second kappa shape index (κ2) is 8.97. The Bertz CT molecular complexity index is 370. The highest BCUT2D eigenvalue weighted by Crippen LogP contribution is 2.28. The second-order valence-corrected chi connectivity index (χ2v) is 6.55. The van der Waals surface area contributed by atoms with E-state index in [1.807, 2.05) is 20.9 Å². The molecule has 1 N–H and O–H groups in total. The summed E-state index contributed by atoms with van der Waals surface area (Å²) in [6, 6.07) is 0.0905. The number of carbonyl (C=O) groups excluding carboxylic acids is 1. The average Bonchev–Trinajstić information content (AvgIpc) is 2.80. The predicted octanol–water partition coefficient (Wildman–Crippen LogP) is 1.20. The first kappa shape index (κ1) is 18.6. The van der Waals surface area contributed by atoms with Gasteiger partial charge in [-0.05, 0) is 46.6 Å². The van der Waals surface area contributed by atoms with Crippen molar-refractivity contribution in [3.8, 4) is 0 Å². The van der Waals surface area contributed by atoms with Gasteiger partial charge in [0.1, 0.15) is 6.10 Å². The molecule has 1 heterocycles. The van der Waals surface area contributed by atoms with Gasteiger partial charge in [0.05, 0.1) is 37.4 Å². The molecular weight excluding hydrogens is 298 g/mol. The van der Waals surface area contributed by atoms with E-state index < -0.39 is 6.10 Å². The molecular formula is C17H31NO5. The molecule has 3 atom stereocenters. The maximum absolute atomic E-state index is 11.8. The van der Waals surface area contributed by atoms with Gasteiger partial charge < -0.3 is 19.3 Å². The summed E-state index contributed by atoms with van der Waals surface area (Å²) in [6.45, 7) is 6.01. The lowest BCUT2D eigenvalue weighted by Crippen LogP contribution is -2.41. The molecule has 1 aliphatic carbocycles. The summed E-state index contributed by atoms with van der Waals surface area (Å²) in [5, 5.41) is 10.1. The van der Waals surface area contributed by atoms with E-state index >= 15 is 0 Å². The highest BCUT2D eigenvalue weighted by Gasteiger charge is 2.40. The number of likely N-dealkylation sites (tertiary alicyclic amines) is 1. The van der Waals surface area contributed by atoms with Crippen LogP contribution in [0.5, 0.6) is 0 Å². The van der Waals surface area contributed by atoms with Crippen LogP contribution in [0, 0.1) is 5.92 Å². The summed E-state index contributed by atoms with van der Waals surface area (Å²) in [7, 11) is 1.99. The van der Waals surface area contributed by atoms with Crippen molar-refractivity contribution < 1.29 is 24.1 Å². The molecule has 2 rings (SSSR count). The number of aliphatic hydroxyl groups excluding tert-OH is 1. The molecule has 0 aromatic carbocycles. The molecule has 1 aliphatic heterocycles. The van der Waals surface area contributed by atoms with Crippen LogP contribution in [0.1, 0.15) is 39.5 Å². The standard InChI is InChI=1S/C17H31NO5/c1-4-21-16-14(18(3)10-15(16)19)11-23-13-8-6-12(7-9-13)17(20)22-5-2/h12-16,19H,4-11H2,1-3H3/t12?,13?,14-,15+,16-/m1/s1. The Balaban J connectivity index is 1.75. The molecule has 1 saturated heterocycles. The molecule has 0 radical (unpaired) electrons. The summed E-state index contributed by atoms with van der Waals surface area (Å²) >= 11 is 0. The zero-order valence-corrected chi connectivity index (χ0v) is 14.6. The van der Waals surface area contributed by atoms with Crippen molar-refractivity contribution in [2.24, 2.45) is 5.92 Å². The molecule has 0 aromatic rings. The third-order valence-electron chi connectivity index (χ3n) is 4.96. The largest absolute Gasteiger partial charge is 0.466 e. The normalized spacial score (nSPS) is 35.4. The average molecular weight is 329 g/mol. The first-order valence-corrected chi connectivity index (χ1v) is 8.84. The number of rotatable bonds is 7. The third kappa shape index (κ3) is 4.89. The molecule has 0 aromatic heterocycles. The summed E-state index contributed by atoms with van der Waals surface area (Å²) in [5.41, 5.74) is 0. The number of likely N-dealkylation sites (N-methyl/N-ethyl adjacent to an activating group) is 1. The van der Waals surface area contributed by atoms with Gasteiger partial charge in [0.15, 0.2) is 0 Å². The van der Waals surface area contributed by atoms with Crippen LogP contribution in [-0.2, 0) is 19.0 Å². The van der Waals surface area contributed by atoms with Gasteiger partial charge in [-0.3, -0.25) is 9.69 Å². The smallest absolute Gasteiger partial charge is 0.308 e. The number of ether oxygens (including phenoxy) is 3. The molecule has 0 bridgehead atoms. The summed E-state index contributed by atoms with van der Waals surface area (Å²) in [6.07, 6.45) is 3.01. The number of carbonyl (C=O) groups is 1. The Morgan fingerprint density at radius 3 is 2.43 bits per heavy atom. The maximum atomic E-state index is 11.8. The minimum Gasteiger partial charge on any atom is -0.466 e. The molecule has 6 heteroatoms. The summed E-state index contributed by atoms with van der Waals surface area (Å²) in [5.74, 6) is -0.0389. The Hall–Kier alpha value is -0.690. The molecule has 2 aliphatic rings. The van der Waals surface area contributed by atoms with Crippen LogP contribution in [0.3, 0.4) is 0 Å². The van der Waals surface area contributed by atoms with Gasteiger partial charge in [0, 0.05) is 13.2 Å². The van der Waals surface area contributed by atoms with E-state index in [9.17, 15) is 9.90 Å². The van der Waals surface area contributed by atoms with Gasteiger partial charge in [0.25, 0.3) is 0 Å². The van der Waals surface area contributed by atoms with Crippen LogP contribution in [0.4, 0.5) is 0 Å². The molecule has 6 nitrogen and oxygen atoms in total. The second-order valence-electron chi connectivity index (χ2n) is 6.55. The number of hydrogen-bond donors (Lipinski definition) is 1. The highest BCUT2D eigenvalue weighted by molar-refractivity contribution is 5.72. The van der Waals surface area contributed by atoms with E-state index in [0.717, 1.165) is 25.7 Å². The van der Waals surface area contributed by atoms with Crippen molar-refractivity contribution in [1.82, 2.24) is 4.90 Å². The predicted molar refractivity (Wildman–Crippen MR) is 86.2 cm³/mol. The Kier molecular flexibility index (Phi) is 7.27. The number of hydrogen-bond acceptors (Lipinski definition) is 6. The van der Waals surface area contributed by atoms with Gasteiger partial charge in [0.2, 0.25) is 0 Å². The first-order valence-electron chi connectivity index (χ1n) is 8.84. The molecule has 2 fully saturated rings. The zero-order chi connectivity index (χ0) is 16.8. The highest BCUT2D eigenvalue weighted by atomic mass is 16.5. The number of nitrogens with zero attached hydrogens (tertiary/aromatic N) is 1. The van der Waals surface area contributed by atoms with Crippen LogP contribution in [0.15, 0.2) is 0 Å². The minimum atomic E-state index is -0.451. The SMILES string of the molecule is CCOC(=O)C1CCC(OC[C@@H]2[C@@H](OCC)[C@@H](O)CN2C)CC1. The lowest BCUT2D eigenvalue weighted by atomic mass is 9.87. The molecule has 0 unspecified atom stereocenters. The lowest BCUT2D eigenvalue weighted by Gasteiger charge is -2.30. The Morgan fingerprint density at radius 2 is 1.83 bits per heavy atom. The number of esters is 1. The van der Waals surface area contributed by atoms with E-state index in [0.29, 0.717) is 26.4 Å².